The number of hydrogen-bond donors (Lipinski definition) is 2. The van der Waals surface area contributed by atoms with E-state index in [1.807, 2.05) is 36.4 Å². The molecule has 0 unspecified atom stereocenters. The lowest BCUT2D eigenvalue weighted by Crippen LogP contribution is -2.21. The molecule has 2 rings (SSSR count). The Morgan fingerprint density at radius 1 is 1.17 bits per heavy atom. The van der Waals surface area contributed by atoms with Crippen LogP contribution in [0.25, 0.3) is 11.1 Å². The molecule has 0 spiro atoms. The van der Waals surface area contributed by atoms with Gasteiger partial charge in [0.15, 0.2) is 0 Å². The van der Waals surface area contributed by atoms with Gasteiger partial charge in [0.05, 0.1) is 6.54 Å². The summed E-state index contributed by atoms with van der Waals surface area (Å²) >= 11 is 0. The third-order valence-electron chi connectivity index (χ3n) is 2.79. The van der Waals surface area contributed by atoms with Crippen LogP contribution in [-0.4, -0.2) is 12.5 Å². The molecule has 0 saturated heterocycles. The van der Waals surface area contributed by atoms with E-state index in [9.17, 15) is 4.79 Å². The number of rotatable bonds is 3. The van der Waals surface area contributed by atoms with Crippen LogP contribution in [0.3, 0.4) is 0 Å². The summed E-state index contributed by atoms with van der Waals surface area (Å²) < 4.78 is 0. The van der Waals surface area contributed by atoms with Gasteiger partial charge in [-0.05, 0) is 35.7 Å². The molecule has 0 bridgehead atoms. The van der Waals surface area contributed by atoms with Crippen LogP contribution in [0.5, 0.6) is 0 Å². The summed E-state index contributed by atoms with van der Waals surface area (Å²) in [5, 5.41) is 2.76. The molecule has 0 aromatic heterocycles. The maximum Gasteiger partial charge on any atom is 0.238 e. The molecule has 0 aliphatic rings. The summed E-state index contributed by atoms with van der Waals surface area (Å²) in [4.78, 5) is 11.3. The Bertz CT molecular complexity index is 564. The van der Waals surface area contributed by atoms with Gasteiger partial charge in [0, 0.05) is 5.69 Å². The minimum Gasteiger partial charge on any atom is -0.325 e. The summed E-state index contributed by atoms with van der Waals surface area (Å²) in [7, 11) is 0. The van der Waals surface area contributed by atoms with Crippen molar-refractivity contribution in [1.29, 1.82) is 0 Å². The first-order chi connectivity index (χ1) is 8.70. The van der Waals surface area contributed by atoms with E-state index in [-0.39, 0.29) is 12.5 Å². The molecule has 0 aliphatic carbocycles. The van der Waals surface area contributed by atoms with Crippen LogP contribution in [0.15, 0.2) is 48.5 Å². The molecule has 0 heterocycles. The Labute approximate surface area is 107 Å². The average Bonchev–Trinajstić information content (AvgIpc) is 2.39. The van der Waals surface area contributed by atoms with Crippen LogP contribution < -0.4 is 11.1 Å². The maximum absolute atomic E-state index is 11.3. The minimum absolute atomic E-state index is 0.00536. The van der Waals surface area contributed by atoms with Gasteiger partial charge in [0.2, 0.25) is 5.91 Å². The highest BCUT2D eigenvalue weighted by Crippen LogP contribution is 2.25. The van der Waals surface area contributed by atoms with Crippen molar-refractivity contribution in [3.05, 3.63) is 54.1 Å². The molecule has 0 radical (unpaired) electrons. The third-order valence-corrected chi connectivity index (χ3v) is 2.79. The van der Waals surface area contributed by atoms with Crippen molar-refractivity contribution in [3.63, 3.8) is 0 Å². The fourth-order valence-electron chi connectivity index (χ4n) is 1.87. The number of hydrogen-bond acceptors (Lipinski definition) is 2. The summed E-state index contributed by atoms with van der Waals surface area (Å²) in [6.07, 6.45) is 0. The molecule has 18 heavy (non-hydrogen) atoms. The van der Waals surface area contributed by atoms with E-state index >= 15 is 0 Å². The second kappa shape index (κ2) is 5.47. The van der Waals surface area contributed by atoms with Crippen LogP contribution in [0.4, 0.5) is 5.69 Å². The van der Waals surface area contributed by atoms with Crippen molar-refractivity contribution in [2.75, 3.05) is 11.9 Å². The average molecular weight is 240 g/mol. The Balaban J connectivity index is 2.33. The number of amides is 1. The lowest BCUT2D eigenvalue weighted by Gasteiger charge is -2.08. The van der Waals surface area contributed by atoms with Gasteiger partial charge in [-0.25, -0.2) is 0 Å². The SMILES string of the molecule is Cc1ccccc1-c1cccc(NC(=O)CN)c1. The Morgan fingerprint density at radius 2 is 1.94 bits per heavy atom. The first-order valence-corrected chi connectivity index (χ1v) is 5.86. The van der Waals surface area contributed by atoms with Crippen LogP contribution in [0.2, 0.25) is 0 Å². The molecule has 0 saturated carbocycles. The van der Waals surface area contributed by atoms with Gasteiger partial charge in [-0.3, -0.25) is 4.79 Å². The molecule has 2 aromatic carbocycles. The molecule has 3 nitrogen and oxygen atoms in total. The summed E-state index contributed by atoms with van der Waals surface area (Å²) in [6, 6.07) is 15.9. The van der Waals surface area contributed by atoms with Gasteiger partial charge in [-0.1, -0.05) is 36.4 Å². The minimum atomic E-state index is -0.183. The number of benzene rings is 2. The van der Waals surface area contributed by atoms with E-state index in [1.54, 1.807) is 0 Å². The highest BCUT2D eigenvalue weighted by Gasteiger charge is 2.03. The standard InChI is InChI=1S/C15H16N2O/c1-11-5-2-3-8-14(11)12-6-4-7-13(9-12)17-15(18)10-16/h2-9H,10,16H2,1H3,(H,17,18). The Hall–Kier alpha value is -2.13. The van der Waals surface area contributed by atoms with Crippen molar-refractivity contribution in [1.82, 2.24) is 0 Å². The molecule has 92 valence electrons. The number of nitrogens with one attached hydrogen (secondary N) is 1. The van der Waals surface area contributed by atoms with E-state index in [1.165, 1.54) is 11.1 Å². The smallest absolute Gasteiger partial charge is 0.238 e. The number of carbonyl (C=O) groups is 1. The second-order valence-corrected chi connectivity index (χ2v) is 4.15. The van der Waals surface area contributed by atoms with Gasteiger partial charge >= 0.3 is 0 Å². The number of anilines is 1. The van der Waals surface area contributed by atoms with E-state index in [4.69, 9.17) is 5.73 Å². The van der Waals surface area contributed by atoms with Crippen molar-refractivity contribution in [2.45, 2.75) is 6.92 Å². The van der Waals surface area contributed by atoms with Gasteiger partial charge in [0.25, 0.3) is 0 Å². The number of nitrogens with two attached hydrogens (primary N) is 1. The second-order valence-electron chi connectivity index (χ2n) is 4.15. The molecular formula is C15H16N2O. The monoisotopic (exact) mass is 240 g/mol. The fraction of sp³-hybridized carbons (Fsp3) is 0.133. The summed E-state index contributed by atoms with van der Waals surface area (Å²) in [5.41, 5.74) is 9.51. The quantitative estimate of drug-likeness (QED) is 0.866. The zero-order chi connectivity index (χ0) is 13.0. The first kappa shape index (κ1) is 12.3. The van der Waals surface area contributed by atoms with Crippen LogP contribution >= 0.6 is 0 Å². The summed E-state index contributed by atoms with van der Waals surface area (Å²) in [5.74, 6) is -0.183. The molecule has 0 aliphatic heterocycles. The molecule has 0 atom stereocenters. The highest BCUT2D eigenvalue weighted by atomic mass is 16.1. The first-order valence-electron chi connectivity index (χ1n) is 5.86. The molecule has 0 fully saturated rings. The third kappa shape index (κ3) is 2.76. The lowest BCUT2D eigenvalue weighted by molar-refractivity contribution is -0.114. The van der Waals surface area contributed by atoms with Gasteiger partial charge < -0.3 is 11.1 Å². The van der Waals surface area contributed by atoms with Crippen LogP contribution in [0, 0.1) is 6.92 Å². The van der Waals surface area contributed by atoms with Crippen molar-refractivity contribution in [3.8, 4) is 11.1 Å². The van der Waals surface area contributed by atoms with E-state index < -0.39 is 0 Å². The highest BCUT2D eigenvalue weighted by molar-refractivity contribution is 5.92. The van der Waals surface area contributed by atoms with Gasteiger partial charge in [-0.2, -0.15) is 0 Å². The largest absolute Gasteiger partial charge is 0.325 e. The maximum atomic E-state index is 11.3. The van der Waals surface area contributed by atoms with Gasteiger partial charge in [0.1, 0.15) is 0 Å². The summed E-state index contributed by atoms with van der Waals surface area (Å²) in [6.45, 7) is 2.06. The van der Waals surface area contributed by atoms with E-state index in [2.05, 4.69) is 24.4 Å². The number of carbonyl (C=O) groups excluding carboxylic acids is 1. The molecule has 1 amide bonds. The van der Waals surface area contributed by atoms with Crippen LogP contribution in [-0.2, 0) is 4.79 Å². The molecule has 3 heteroatoms. The molecule has 3 N–H and O–H groups in total. The normalized spacial score (nSPS) is 10.1. The van der Waals surface area contributed by atoms with Crippen LogP contribution in [0.1, 0.15) is 5.56 Å². The van der Waals surface area contributed by atoms with Crippen molar-refractivity contribution in [2.24, 2.45) is 5.73 Å². The van der Waals surface area contributed by atoms with Gasteiger partial charge in [-0.15, -0.1) is 0 Å². The Morgan fingerprint density at radius 3 is 2.67 bits per heavy atom. The molecule has 2 aromatic rings. The van der Waals surface area contributed by atoms with Crippen molar-refractivity contribution < 1.29 is 4.79 Å². The molecular weight excluding hydrogens is 224 g/mol. The van der Waals surface area contributed by atoms with Crippen molar-refractivity contribution >= 4 is 11.6 Å². The fourth-order valence-corrected chi connectivity index (χ4v) is 1.87. The van der Waals surface area contributed by atoms with E-state index in [0.29, 0.717) is 0 Å². The zero-order valence-electron chi connectivity index (χ0n) is 10.3. The van der Waals surface area contributed by atoms with E-state index in [0.717, 1.165) is 11.3 Å². The predicted octanol–water partition coefficient (Wildman–Crippen LogP) is 2.56. The lowest BCUT2D eigenvalue weighted by atomic mass is 10.0. The Kier molecular flexibility index (Phi) is 3.75. The zero-order valence-corrected chi connectivity index (χ0v) is 10.3. The predicted molar refractivity (Wildman–Crippen MR) is 74.3 cm³/mol. The topological polar surface area (TPSA) is 55.1 Å². The number of aryl methyl sites for hydroxylation is 1.